The predicted octanol–water partition coefficient (Wildman–Crippen LogP) is 0.626. The van der Waals surface area contributed by atoms with Gasteiger partial charge in [-0.05, 0) is 37.5 Å². The van der Waals surface area contributed by atoms with Gasteiger partial charge in [0.2, 0.25) is 17.7 Å². The number of hydrazine groups is 1. The van der Waals surface area contributed by atoms with Crippen LogP contribution in [0.1, 0.15) is 57.8 Å². The molecule has 0 bridgehead atoms. The zero-order chi connectivity index (χ0) is 18.3. The topological polar surface area (TPSA) is 108 Å². The van der Waals surface area contributed by atoms with Gasteiger partial charge in [-0.25, -0.2) is 0 Å². The van der Waals surface area contributed by atoms with E-state index in [9.17, 15) is 19.5 Å². The number of hydrogen-bond acceptors (Lipinski definition) is 4. The van der Waals surface area contributed by atoms with Crippen molar-refractivity contribution in [3.8, 4) is 0 Å². The van der Waals surface area contributed by atoms with E-state index in [1.165, 1.54) is 12.8 Å². The second-order valence-corrected chi connectivity index (χ2v) is 8.61. The fraction of sp³-hybridized carbons (Fsp3) is 0.842. The van der Waals surface area contributed by atoms with Gasteiger partial charge in [0, 0.05) is 6.04 Å². The van der Waals surface area contributed by atoms with Gasteiger partial charge in [0.05, 0.1) is 23.9 Å². The van der Waals surface area contributed by atoms with E-state index in [1.807, 2.05) is 0 Å². The van der Waals surface area contributed by atoms with Crippen LogP contribution in [-0.4, -0.2) is 35.0 Å². The summed E-state index contributed by atoms with van der Waals surface area (Å²) in [5.74, 6) is -0.736. The summed E-state index contributed by atoms with van der Waals surface area (Å²) < 4.78 is 0. The summed E-state index contributed by atoms with van der Waals surface area (Å²) in [7, 11) is 0. The number of aliphatic hydroxyl groups excluding tert-OH is 1. The Labute approximate surface area is 153 Å². The summed E-state index contributed by atoms with van der Waals surface area (Å²) in [5, 5.41) is 13.6. The van der Waals surface area contributed by atoms with Crippen LogP contribution in [0.4, 0.5) is 0 Å². The first-order valence-electron chi connectivity index (χ1n) is 10.1. The van der Waals surface area contributed by atoms with Crippen LogP contribution in [0.15, 0.2) is 0 Å². The number of fused-ring (bicyclic) bond motifs is 2. The first-order valence-corrected chi connectivity index (χ1v) is 10.1. The number of carbonyl (C=O) groups excluding carboxylic acids is 3. The number of aliphatic hydroxyl groups is 1. The molecule has 0 radical (unpaired) electrons. The van der Waals surface area contributed by atoms with Crippen molar-refractivity contribution in [3.05, 3.63) is 0 Å². The van der Waals surface area contributed by atoms with Gasteiger partial charge in [0.1, 0.15) is 0 Å². The molecule has 26 heavy (non-hydrogen) atoms. The Morgan fingerprint density at radius 2 is 1.62 bits per heavy atom. The van der Waals surface area contributed by atoms with Gasteiger partial charge in [-0.15, -0.1) is 0 Å². The summed E-state index contributed by atoms with van der Waals surface area (Å²) in [6.07, 6.45) is 7.79. The first-order chi connectivity index (χ1) is 12.5. The second kappa shape index (κ2) is 7.18. The molecular weight excluding hydrogens is 334 g/mol. The Balaban J connectivity index is 1.43. The SMILES string of the molecule is O=C(NC1CCCC2C(=O)NNC(=O)C12)C1CC2CCCCC2CC1O. The van der Waals surface area contributed by atoms with Crippen LogP contribution in [0.5, 0.6) is 0 Å². The maximum atomic E-state index is 12.9. The molecule has 0 aromatic carbocycles. The molecule has 1 aliphatic heterocycles. The van der Waals surface area contributed by atoms with Crippen LogP contribution in [0.25, 0.3) is 0 Å². The van der Waals surface area contributed by atoms with Gasteiger partial charge in [-0.1, -0.05) is 32.1 Å². The fourth-order valence-corrected chi connectivity index (χ4v) is 5.75. The molecule has 4 aliphatic rings. The van der Waals surface area contributed by atoms with Crippen LogP contribution in [0.3, 0.4) is 0 Å². The summed E-state index contributed by atoms with van der Waals surface area (Å²) in [6.45, 7) is 0. The highest BCUT2D eigenvalue weighted by Crippen LogP contribution is 2.43. The molecule has 1 heterocycles. The van der Waals surface area contributed by atoms with E-state index in [4.69, 9.17) is 0 Å². The third-order valence-corrected chi connectivity index (χ3v) is 7.14. The van der Waals surface area contributed by atoms with Crippen molar-refractivity contribution in [2.45, 2.75) is 69.9 Å². The molecule has 3 aliphatic carbocycles. The van der Waals surface area contributed by atoms with Crippen molar-refractivity contribution >= 4 is 17.7 Å². The van der Waals surface area contributed by atoms with E-state index in [0.717, 1.165) is 25.7 Å². The van der Waals surface area contributed by atoms with E-state index < -0.39 is 17.9 Å². The first kappa shape index (κ1) is 17.8. The van der Waals surface area contributed by atoms with Gasteiger partial charge in [-0.2, -0.15) is 0 Å². The molecule has 3 amide bonds. The van der Waals surface area contributed by atoms with E-state index in [2.05, 4.69) is 16.2 Å². The molecule has 0 aromatic rings. The third kappa shape index (κ3) is 3.21. The summed E-state index contributed by atoms with van der Waals surface area (Å²) in [6, 6.07) is -0.330. The molecule has 7 nitrogen and oxygen atoms in total. The third-order valence-electron chi connectivity index (χ3n) is 7.14. The quantitative estimate of drug-likeness (QED) is 0.577. The van der Waals surface area contributed by atoms with E-state index >= 15 is 0 Å². The Morgan fingerprint density at radius 1 is 0.923 bits per heavy atom. The van der Waals surface area contributed by atoms with Crippen molar-refractivity contribution in [3.63, 3.8) is 0 Å². The van der Waals surface area contributed by atoms with E-state index in [-0.39, 0.29) is 29.7 Å². The fourth-order valence-electron chi connectivity index (χ4n) is 5.75. The maximum absolute atomic E-state index is 12.9. The Hall–Kier alpha value is -1.63. The van der Waals surface area contributed by atoms with Crippen molar-refractivity contribution in [2.75, 3.05) is 0 Å². The molecule has 1 saturated heterocycles. The van der Waals surface area contributed by atoms with Gasteiger partial charge in [0.25, 0.3) is 0 Å². The largest absolute Gasteiger partial charge is 0.392 e. The molecule has 4 rings (SSSR count). The van der Waals surface area contributed by atoms with E-state index in [0.29, 0.717) is 31.1 Å². The highest BCUT2D eigenvalue weighted by Gasteiger charge is 2.47. The van der Waals surface area contributed by atoms with Gasteiger partial charge < -0.3 is 10.4 Å². The number of carbonyl (C=O) groups is 3. The highest BCUT2D eigenvalue weighted by atomic mass is 16.3. The molecule has 3 saturated carbocycles. The molecule has 4 fully saturated rings. The molecular formula is C19H29N3O4. The molecule has 7 atom stereocenters. The molecule has 7 heteroatoms. The zero-order valence-electron chi connectivity index (χ0n) is 15.1. The highest BCUT2D eigenvalue weighted by molar-refractivity contribution is 5.94. The number of rotatable bonds is 2. The van der Waals surface area contributed by atoms with E-state index in [1.54, 1.807) is 0 Å². The average molecular weight is 363 g/mol. The summed E-state index contributed by atoms with van der Waals surface area (Å²) in [4.78, 5) is 37.2. The second-order valence-electron chi connectivity index (χ2n) is 8.61. The summed E-state index contributed by atoms with van der Waals surface area (Å²) in [5.41, 5.74) is 4.84. The Bertz CT molecular complexity index is 595. The molecule has 0 spiro atoms. The monoisotopic (exact) mass is 363 g/mol. The van der Waals surface area contributed by atoms with Crippen molar-refractivity contribution in [1.82, 2.24) is 16.2 Å². The van der Waals surface area contributed by atoms with Crippen LogP contribution in [-0.2, 0) is 14.4 Å². The molecule has 7 unspecified atom stereocenters. The minimum Gasteiger partial charge on any atom is -0.392 e. The Morgan fingerprint density at radius 3 is 2.38 bits per heavy atom. The maximum Gasteiger partial charge on any atom is 0.244 e. The standard InChI is InChI=1S/C19H29N3O4/c23-15-9-11-5-2-1-4-10(11)8-13(15)17(24)20-14-7-3-6-12-16(14)19(26)22-21-18(12)25/h10-16,23H,1-9H2,(H,20,24)(H,21,25)(H,22,26). The lowest BCUT2D eigenvalue weighted by Gasteiger charge is -2.43. The number of nitrogens with one attached hydrogen (secondary N) is 3. The average Bonchev–Trinajstić information content (AvgIpc) is 2.64. The smallest absolute Gasteiger partial charge is 0.244 e. The van der Waals surface area contributed by atoms with Crippen LogP contribution in [0.2, 0.25) is 0 Å². The molecule has 4 N–H and O–H groups in total. The number of amides is 3. The molecule has 144 valence electrons. The minimum absolute atomic E-state index is 0.147. The van der Waals surface area contributed by atoms with Crippen LogP contribution >= 0.6 is 0 Å². The van der Waals surface area contributed by atoms with Crippen LogP contribution < -0.4 is 16.2 Å². The normalized spacial score (nSPS) is 42.7. The molecule has 0 aromatic heterocycles. The zero-order valence-corrected chi connectivity index (χ0v) is 15.1. The van der Waals surface area contributed by atoms with Crippen LogP contribution in [0, 0.1) is 29.6 Å². The minimum atomic E-state index is -0.600. The van der Waals surface area contributed by atoms with Gasteiger partial charge in [0.15, 0.2) is 0 Å². The number of hydrogen-bond donors (Lipinski definition) is 4. The van der Waals surface area contributed by atoms with Gasteiger partial charge in [-0.3, -0.25) is 25.2 Å². The van der Waals surface area contributed by atoms with Crippen molar-refractivity contribution < 1.29 is 19.5 Å². The van der Waals surface area contributed by atoms with Gasteiger partial charge >= 0.3 is 0 Å². The Kier molecular flexibility index (Phi) is 4.90. The summed E-state index contributed by atoms with van der Waals surface area (Å²) >= 11 is 0. The lowest BCUT2D eigenvalue weighted by Crippen LogP contribution is -2.63. The predicted molar refractivity (Wildman–Crippen MR) is 93.2 cm³/mol. The lowest BCUT2D eigenvalue weighted by molar-refractivity contribution is -0.148. The van der Waals surface area contributed by atoms with Crippen molar-refractivity contribution in [1.29, 1.82) is 0 Å². The van der Waals surface area contributed by atoms with Crippen molar-refractivity contribution in [2.24, 2.45) is 29.6 Å². The lowest BCUT2D eigenvalue weighted by atomic mass is 9.66.